The van der Waals surface area contributed by atoms with Crippen LogP contribution in [0.25, 0.3) is 0 Å². The first kappa shape index (κ1) is 21.4. The minimum Gasteiger partial charge on any atom is -0.388 e. The lowest BCUT2D eigenvalue weighted by atomic mass is 9.92. The summed E-state index contributed by atoms with van der Waals surface area (Å²) >= 11 is 0. The maximum Gasteiger partial charge on any atom is 0.219 e. The molecular weight excluding hydrogens is 384 g/mol. The zero-order chi connectivity index (χ0) is 21.8. The van der Waals surface area contributed by atoms with E-state index >= 15 is 0 Å². The Balaban J connectivity index is 1.46. The summed E-state index contributed by atoms with van der Waals surface area (Å²) in [4.78, 5) is 13.8. The molecule has 0 saturated heterocycles. The van der Waals surface area contributed by atoms with Crippen LogP contribution in [0.15, 0.2) is 70.1 Å². The van der Waals surface area contributed by atoms with Crippen molar-refractivity contribution >= 4 is 11.7 Å². The van der Waals surface area contributed by atoms with Crippen LogP contribution in [0.5, 0.6) is 0 Å². The Morgan fingerprint density at radius 2 is 2.10 bits per heavy atom. The topological polar surface area (TPSA) is 68.2 Å². The molecule has 4 rings (SSSR count). The number of nitrogens with zero attached hydrogens (tertiary/aromatic N) is 1. The maximum absolute atomic E-state index is 12.0. The predicted octanol–water partition coefficient (Wildman–Crippen LogP) is 4.50. The summed E-state index contributed by atoms with van der Waals surface area (Å²) in [5.41, 5.74) is 7.05. The lowest BCUT2D eigenvalue weighted by Gasteiger charge is -2.31. The Hall–Kier alpha value is -2.82. The van der Waals surface area contributed by atoms with Gasteiger partial charge in [-0.15, -0.1) is 0 Å². The Kier molecular flexibility index (Phi) is 6.59. The molecule has 0 radical (unpaired) electrons. The average Bonchev–Trinajstić information content (AvgIpc) is 3.60. The van der Waals surface area contributed by atoms with E-state index in [0.717, 1.165) is 61.7 Å². The second-order valence-electron chi connectivity index (χ2n) is 9.02. The van der Waals surface area contributed by atoms with Crippen molar-refractivity contribution in [2.75, 3.05) is 19.6 Å². The van der Waals surface area contributed by atoms with Crippen LogP contribution in [0.2, 0.25) is 0 Å². The van der Waals surface area contributed by atoms with E-state index in [9.17, 15) is 4.79 Å². The SMILES string of the molecule is CC(=O)N1CCC(NCC2CC2)=C(C(=N)NC2=CC=CC(C3=C(C)CCC=C3)=CC2)C1. The smallest absolute Gasteiger partial charge is 0.219 e. The third kappa shape index (κ3) is 5.46. The van der Waals surface area contributed by atoms with E-state index in [2.05, 4.69) is 54.0 Å². The van der Waals surface area contributed by atoms with Gasteiger partial charge in [0.05, 0.1) is 6.54 Å². The van der Waals surface area contributed by atoms with E-state index in [1.165, 1.54) is 29.6 Å². The van der Waals surface area contributed by atoms with Crippen LogP contribution in [0, 0.1) is 11.3 Å². The molecule has 0 spiro atoms. The number of hydrogen-bond donors (Lipinski definition) is 3. The molecule has 3 aliphatic carbocycles. The first-order valence-corrected chi connectivity index (χ1v) is 11.5. The van der Waals surface area contributed by atoms with Crippen LogP contribution in [-0.2, 0) is 4.79 Å². The summed E-state index contributed by atoms with van der Waals surface area (Å²) in [6, 6.07) is 0. The highest BCUT2D eigenvalue weighted by molar-refractivity contribution is 5.98. The molecule has 0 bridgehead atoms. The Morgan fingerprint density at radius 3 is 2.84 bits per heavy atom. The van der Waals surface area contributed by atoms with Gasteiger partial charge in [0, 0.05) is 49.8 Å². The van der Waals surface area contributed by atoms with Gasteiger partial charge in [-0.25, -0.2) is 0 Å². The van der Waals surface area contributed by atoms with E-state index in [0.29, 0.717) is 12.4 Å². The van der Waals surface area contributed by atoms with Gasteiger partial charge in [-0.2, -0.15) is 0 Å². The molecule has 0 unspecified atom stereocenters. The van der Waals surface area contributed by atoms with Crippen molar-refractivity contribution in [2.45, 2.75) is 52.4 Å². The quantitative estimate of drug-likeness (QED) is 0.440. The summed E-state index contributed by atoms with van der Waals surface area (Å²) < 4.78 is 0. The monoisotopic (exact) mass is 418 g/mol. The summed E-state index contributed by atoms with van der Waals surface area (Å²) in [7, 11) is 0. The maximum atomic E-state index is 12.0. The Labute approximate surface area is 185 Å². The average molecular weight is 419 g/mol. The first-order valence-electron chi connectivity index (χ1n) is 11.5. The minimum atomic E-state index is 0.0694. The molecule has 1 aliphatic heterocycles. The normalized spacial score (nSPS) is 21.5. The number of nitrogens with one attached hydrogen (secondary N) is 3. The molecular formula is C26H34N4O. The van der Waals surface area contributed by atoms with Crippen molar-refractivity contribution in [1.29, 1.82) is 5.41 Å². The van der Waals surface area contributed by atoms with Crippen molar-refractivity contribution in [2.24, 2.45) is 5.92 Å². The fraction of sp³-hybridized carbons (Fsp3) is 0.462. The number of hydrogen-bond acceptors (Lipinski definition) is 3. The molecule has 5 nitrogen and oxygen atoms in total. The number of carbonyl (C=O) groups excluding carboxylic acids is 1. The van der Waals surface area contributed by atoms with Crippen LogP contribution in [0.1, 0.15) is 52.4 Å². The number of amidine groups is 1. The summed E-state index contributed by atoms with van der Waals surface area (Å²) in [5.74, 6) is 1.24. The van der Waals surface area contributed by atoms with Crippen LogP contribution in [0.4, 0.5) is 0 Å². The van der Waals surface area contributed by atoms with Crippen LogP contribution in [-0.4, -0.2) is 36.3 Å². The second-order valence-corrected chi connectivity index (χ2v) is 9.02. The predicted molar refractivity (Wildman–Crippen MR) is 126 cm³/mol. The van der Waals surface area contributed by atoms with E-state index in [1.807, 2.05) is 4.90 Å². The second kappa shape index (κ2) is 9.54. The zero-order valence-electron chi connectivity index (χ0n) is 18.8. The lowest BCUT2D eigenvalue weighted by molar-refractivity contribution is -0.128. The third-order valence-corrected chi connectivity index (χ3v) is 6.54. The van der Waals surface area contributed by atoms with Crippen molar-refractivity contribution in [3.05, 3.63) is 70.1 Å². The fourth-order valence-electron chi connectivity index (χ4n) is 4.32. The van der Waals surface area contributed by atoms with Crippen molar-refractivity contribution in [3.63, 3.8) is 0 Å². The summed E-state index contributed by atoms with van der Waals surface area (Å²) in [6.45, 7) is 6.02. The largest absolute Gasteiger partial charge is 0.388 e. The minimum absolute atomic E-state index is 0.0694. The van der Waals surface area contributed by atoms with Gasteiger partial charge in [-0.3, -0.25) is 10.2 Å². The molecule has 1 amide bonds. The van der Waals surface area contributed by atoms with Crippen molar-refractivity contribution < 1.29 is 4.79 Å². The van der Waals surface area contributed by atoms with E-state index in [-0.39, 0.29) is 5.91 Å². The Morgan fingerprint density at radius 1 is 1.26 bits per heavy atom. The number of amides is 1. The van der Waals surface area contributed by atoms with Crippen molar-refractivity contribution in [1.82, 2.24) is 15.5 Å². The van der Waals surface area contributed by atoms with Crippen LogP contribution < -0.4 is 10.6 Å². The molecule has 1 heterocycles. The first-order chi connectivity index (χ1) is 15.0. The number of carbonyl (C=O) groups is 1. The Bertz CT molecular complexity index is 940. The molecule has 5 heteroatoms. The fourth-order valence-corrected chi connectivity index (χ4v) is 4.32. The van der Waals surface area contributed by atoms with E-state index in [1.54, 1.807) is 6.92 Å². The molecule has 0 aromatic heterocycles. The molecule has 3 N–H and O–H groups in total. The summed E-state index contributed by atoms with van der Waals surface area (Å²) in [6.07, 6.45) is 19.4. The number of allylic oxidation sites excluding steroid dienone is 9. The van der Waals surface area contributed by atoms with E-state index < -0.39 is 0 Å². The highest BCUT2D eigenvalue weighted by Gasteiger charge is 2.26. The highest BCUT2D eigenvalue weighted by atomic mass is 16.2. The molecule has 0 aromatic rings. The molecule has 0 aromatic carbocycles. The standard InChI is InChI=1S/C26H34N4O/c1-18-6-3-4-9-23(18)21-7-5-8-22(13-12-21)29-26(27)24-17-30(19(2)31)15-14-25(24)28-16-20-10-11-20/h4-5,7-9,12,20,28H,3,6,10-11,13-17H2,1-2H3,(H2,27,29). The third-order valence-electron chi connectivity index (χ3n) is 6.54. The molecule has 0 atom stereocenters. The molecule has 1 saturated carbocycles. The van der Waals surface area contributed by atoms with Gasteiger partial charge in [0.1, 0.15) is 5.84 Å². The van der Waals surface area contributed by atoms with Gasteiger partial charge < -0.3 is 15.5 Å². The molecule has 164 valence electrons. The van der Waals surface area contributed by atoms with Gasteiger partial charge in [0.15, 0.2) is 0 Å². The van der Waals surface area contributed by atoms with Crippen molar-refractivity contribution in [3.8, 4) is 0 Å². The van der Waals surface area contributed by atoms with Gasteiger partial charge in [-0.1, -0.05) is 36.0 Å². The lowest BCUT2D eigenvalue weighted by Crippen LogP contribution is -2.42. The molecule has 31 heavy (non-hydrogen) atoms. The highest BCUT2D eigenvalue weighted by Crippen LogP contribution is 2.29. The van der Waals surface area contributed by atoms with Crippen LogP contribution in [0.3, 0.4) is 0 Å². The van der Waals surface area contributed by atoms with Gasteiger partial charge in [-0.05, 0) is 55.7 Å². The van der Waals surface area contributed by atoms with Gasteiger partial charge in [0.25, 0.3) is 0 Å². The summed E-state index contributed by atoms with van der Waals surface area (Å²) in [5, 5.41) is 15.7. The van der Waals surface area contributed by atoms with Gasteiger partial charge >= 0.3 is 0 Å². The van der Waals surface area contributed by atoms with Gasteiger partial charge in [0.2, 0.25) is 5.91 Å². The van der Waals surface area contributed by atoms with Crippen LogP contribution >= 0.6 is 0 Å². The molecule has 1 fully saturated rings. The zero-order valence-corrected chi connectivity index (χ0v) is 18.8. The van der Waals surface area contributed by atoms with E-state index in [4.69, 9.17) is 5.41 Å². The number of rotatable bonds is 6. The molecule has 4 aliphatic rings.